The lowest BCUT2D eigenvalue weighted by Gasteiger charge is -2.33. The van der Waals surface area contributed by atoms with E-state index in [9.17, 15) is 14.7 Å². The Morgan fingerprint density at radius 1 is 1.55 bits per heavy atom. The first-order chi connectivity index (χ1) is 9.65. The second-order valence-corrected chi connectivity index (χ2v) is 6.89. The molecule has 0 saturated heterocycles. The lowest BCUT2D eigenvalue weighted by Crippen LogP contribution is -2.43. The summed E-state index contributed by atoms with van der Waals surface area (Å²) in [5, 5.41) is 11.3. The summed E-state index contributed by atoms with van der Waals surface area (Å²) in [4.78, 5) is 26.4. The summed E-state index contributed by atoms with van der Waals surface area (Å²) in [6, 6.07) is 1.03. The van der Waals surface area contributed by atoms with Crippen molar-refractivity contribution in [3.63, 3.8) is 0 Å². The molecule has 0 saturated carbocycles. The largest absolute Gasteiger partial charge is 0.479 e. The molecular weight excluding hydrogens is 294 g/mol. The monoisotopic (exact) mass is 313 g/mol. The van der Waals surface area contributed by atoms with Crippen LogP contribution >= 0.6 is 23.1 Å². The quantitative estimate of drug-likeness (QED) is 0.821. The number of aliphatic carboxylic acids is 1. The van der Waals surface area contributed by atoms with Gasteiger partial charge in [0.15, 0.2) is 6.04 Å². The molecule has 2 heterocycles. The number of carbonyl (C=O) groups is 2. The zero-order chi connectivity index (χ0) is 14.5. The Morgan fingerprint density at radius 3 is 3.05 bits per heavy atom. The number of hydrogen-bond donors (Lipinski definition) is 1. The van der Waals surface area contributed by atoms with Crippen LogP contribution in [0.15, 0.2) is 11.4 Å². The normalized spacial score (nSPS) is 17.9. The average Bonchev–Trinajstić information content (AvgIpc) is 2.90. The third-order valence-corrected chi connectivity index (χ3v) is 5.41. The molecule has 2 rings (SSSR count). The minimum atomic E-state index is -0.934. The summed E-state index contributed by atoms with van der Waals surface area (Å²) in [6.45, 7) is 2.63. The molecule has 0 fully saturated rings. The maximum absolute atomic E-state index is 12.3. The standard InChI is InChI=1S/C14H19NO3S2/c1-2-3-7-19-9-12(16)15-6-4-11-10(5-8-20-11)13(15)14(17)18/h5,8,13H,2-4,6-7,9H2,1H3,(H,17,18). The summed E-state index contributed by atoms with van der Waals surface area (Å²) < 4.78 is 0. The van der Waals surface area contributed by atoms with E-state index in [0.717, 1.165) is 35.5 Å². The van der Waals surface area contributed by atoms with Gasteiger partial charge >= 0.3 is 5.97 Å². The predicted molar refractivity (Wildman–Crippen MR) is 82.3 cm³/mol. The molecular formula is C14H19NO3S2. The predicted octanol–water partition coefficient (Wildman–Crippen LogP) is 2.79. The molecule has 110 valence electrons. The van der Waals surface area contributed by atoms with Gasteiger partial charge in [0.2, 0.25) is 5.91 Å². The number of hydrogen-bond acceptors (Lipinski definition) is 4. The van der Waals surface area contributed by atoms with Crippen molar-refractivity contribution in [3.8, 4) is 0 Å². The van der Waals surface area contributed by atoms with Crippen LogP contribution < -0.4 is 0 Å². The fourth-order valence-corrected chi connectivity index (χ4v) is 4.22. The zero-order valence-electron chi connectivity index (χ0n) is 11.5. The summed E-state index contributed by atoms with van der Waals surface area (Å²) in [5.74, 6) is 0.340. The van der Waals surface area contributed by atoms with Gasteiger partial charge in [0, 0.05) is 11.4 Å². The summed E-state index contributed by atoms with van der Waals surface area (Å²) >= 11 is 3.17. The Hall–Kier alpha value is -1.01. The molecule has 1 amide bonds. The van der Waals surface area contributed by atoms with Gasteiger partial charge in [0.05, 0.1) is 5.75 Å². The molecule has 1 atom stereocenters. The van der Waals surface area contributed by atoms with Gasteiger partial charge in [0.1, 0.15) is 0 Å². The molecule has 1 N–H and O–H groups in total. The van der Waals surface area contributed by atoms with Crippen LogP contribution in [0.2, 0.25) is 0 Å². The minimum Gasteiger partial charge on any atom is -0.479 e. The van der Waals surface area contributed by atoms with Crippen LogP contribution in [0.4, 0.5) is 0 Å². The molecule has 1 aromatic rings. The first kappa shape index (κ1) is 15.4. The smallest absolute Gasteiger partial charge is 0.331 e. The first-order valence-electron chi connectivity index (χ1n) is 6.81. The molecule has 6 heteroatoms. The summed E-state index contributed by atoms with van der Waals surface area (Å²) in [7, 11) is 0. The Morgan fingerprint density at radius 2 is 2.35 bits per heavy atom. The molecule has 20 heavy (non-hydrogen) atoms. The van der Waals surface area contributed by atoms with Gasteiger partial charge < -0.3 is 10.0 Å². The van der Waals surface area contributed by atoms with E-state index in [4.69, 9.17) is 0 Å². The van der Waals surface area contributed by atoms with Crippen molar-refractivity contribution in [1.82, 2.24) is 4.90 Å². The first-order valence-corrected chi connectivity index (χ1v) is 8.84. The highest BCUT2D eigenvalue weighted by atomic mass is 32.2. The van der Waals surface area contributed by atoms with Crippen molar-refractivity contribution in [2.24, 2.45) is 0 Å². The van der Waals surface area contributed by atoms with E-state index in [1.165, 1.54) is 4.90 Å². The molecule has 1 aromatic heterocycles. The average molecular weight is 313 g/mol. The van der Waals surface area contributed by atoms with E-state index < -0.39 is 12.0 Å². The van der Waals surface area contributed by atoms with Gasteiger partial charge in [-0.2, -0.15) is 11.8 Å². The number of carboxylic acids is 1. The number of nitrogens with zero attached hydrogens (tertiary/aromatic N) is 1. The van der Waals surface area contributed by atoms with Crippen molar-refractivity contribution in [2.75, 3.05) is 18.1 Å². The van der Waals surface area contributed by atoms with Gasteiger partial charge in [-0.05, 0) is 35.6 Å². The topological polar surface area (TPSA) is 57.6 Å². The lowest BCUT2D eigenvalue weighted by atomic mass is 10.00. The highest BCUT2D eigenvalue weighted by Gasteiger charge is 2.36. The third-order valence-electron chi connectivity index (χ3n) is 3.39. The lowest BCUT2D eigenvalue weighted by molar-refractivity contribution is -0.150. The Bertz CT molecular complexity index is 487. The maximum Gasteiger partial charge on any atom is 0.331 e. The highest BCUT2D eigenvalue weighted by Crippen LogP contribution is 2.33. The van der Waals surface area contributed by atoms with E-state index >= 15 is 0 Å². The number of thiophene rings is 1. The van der Waals surface area contributed by atoms with E-state index in [2.05, 4.69) is 6.92 Å². The zero-order valence-corrected chi connectivity index (χ0v) is 13.1. The van der Waals surface area contributed by atoms with E-state index in [1.807, 2.05) is 11.4 Å². The van der Waals surface area contributed by atoms with Crippen LogP contribution in [-0.4, -0.2) is 39.9 Å². The highest BCUT2D eigenvalue weighted by molar-refractivity contribution is 7.99. The van der Waals surface area contributed by atoms with Gasteiger partial charge in [-0.3, -0.25) is 4.79 Å². The van der Waals surface area contributed by atoms with Crippen molar-refractivity contribution in [1.29, 1.82) is 0 Å². The van der Waals surface area contributed by atoms with Crippen molar-refractivity contribution >= 4 is 35.0 Å². The Labute approximate surface area is 127 Å². The second kappa shape index (κ2) is 7.13. The van der Waals surface area contributed by atoms with Crippen molar-refractivity contribution in [3.05, 3.63) is 21.9 Å². The molecule has 0 aliphatic carbocycles. The van der Waals surface area contributed by atoms with Crippen LogP contribution in [0.3, 0.4) is 0 Å². The third kappa shape index (κ3) is 3.35. The van der Waals surface area contributed by atoms with Crippen LogP contribution in [0.1, 0.15) is 36.2 Å². The maximum atomic E-state index is 12.3. The van der Waals surface area contributed by atoms with E-state index in [-0.39, 0.29) is 5.91 Å². The molecule has 0 radical (unpaired) electrons. The number of unbranched alkanes of at least 4 members (excludes halogenated alkanes) is 1. The van der Waals surface area contributed by atoms with Crippen LogP contribution in [0.5, 0.6) is 0 Å². The molecule has 1 aliphatic heterocycles. The van der Waals surface area contributed by atoms with E-state index in [1.54, 1.807) is 23.1 Å². The van der Waals surface area contributed by atoms with Gasteiger partial charge in [-0.15, -0.1) is 11.3 Å². The number of thioether (sulfide) groups is 1. The summed E-state index contributed by atoms with van der Waals surface area (Å²) in [5.41, 5.74) is 0.792. The minimum absolute atomic E-state index is 0.0599. The number of carbonyl (C=O) groups excluding carboxylic acids is 1. The SMILES string of the molecule is CCCCSCC(=O)N1CCc2sccc2C1C(=O)O. The number of fused-ring (bicyclic) bond motifs is 1. The second-order valence-electron chi connectivity index (χ2n) is 4.78. The molecule has 1 unspecified atom stereocenters. The van der Waals surface area contributed by atoms with Gasteiger partial charge in [-0.1, -0.05) is 13.3 Å². The Balaban J connectivity index is 2.04. The van der Waals surface area contributed by atoms with Gasteiger partial charge in [-0.25, -0.2) is 4.79 Å². The number of carboxylic acid groups (broad SMARTS) is 1. The number of rotatable bonds is 6. The van der Waals surface area contributed by atoms with Crippen LogP contribution in [0.25, 0.3) is 0 Å². The van der Waals surface area contributed by atoms with Crippen molar-refractivity contribution < 1.29 is 14.7 Å². The molecule has 1 aliphatic rings. The number of amides is 1. The van der Waals surface area contributed by atoms with Crippen LogP contribution in [0, 0.1) is 0 Å². The molecule has 0 aromatic carbocycles. The summed E-state index contributed by atoms with van der Waals surface area (Å²) in [6.07, 6.45) is 2.97. The van der Waals surface area contributed by atoms with E-state index in [0.29, 0.717) is 12.3 Å². The molecule has 4 nitrogen and oxygen atoms in total. The molecule has 0 bridgehead atoms. The van der Waals surface area contributed by atoms with Crippen LogP contribution in [-0.2, 0) is 16.0 Å². The van der Waals surface area contributed by atoms with Crippen molar-refractivity contribution in [2.45, 2.75) is 32.2 Å². The molecule has 0 spiro atoms. The fourth-order valence-electron chi connectivity index (χ4n) is 2.34. The van der Waals surface area contributed by atoms with Gasteiger partial charge in [0.25, 0.3) is 0 Å². The fraction of sp³-hybridized carbons (Fsp3) is 0.571. The Kier molecular flexibility index (Phi) is 5.48.